The number of ether oxygens (including phenoxy) is 4. The molecule has 0 spiro atoms. The highest BCUT2D eigenvalue weighted by atomic mass is 35.5. The predicted octanol–water partition coefficient (Wildman–Crippen LogP) is 7.89. The lowest BCUT2D eigenvalue weighted by Crippen LogP contribution is -2.37. The highest BCUT2D eigenvalue weighted by molar-refractivity contribution is 5.89. The first-order valence-electron chi connectivity index (χ1n) is 16.0. The Hall–Kier alpha value is -3.02. The fraction of sp³-hybridized carbons (Fsp3) is 0.472. The number of nitrogens with one attached hydrogen (secondary N) is 1. The van der Waals surface area contributed by atoms with Crippen LogP contribution in [0.15, 0.2) is 78.9 Å². The van der Waals surface area contributed by atoms with Crippen molar-refractivity contribution in [1.82, 2.24) is 10.2 Å². The summed E-state index contributed by atoms with van der Waals surface area (Å²) in [5, 5.41) is 3.14. The summed E-state index contributed by atoms with van der Waals surface area (Å²) in [4.78, 5) is 14.2. The molecule has 1 unspecified atom stereocenters. The Bertz CT molecular complexity index is 1260. The molecule has 4 rings (SSSR count). The van der Waals surface area contributed by atoms with Crippen molar-refractivity contribution in [2.45, 2.75) is 51.7 Å². The van der Waals surface area contributed by atoms with Gasteiger partial charge in [-0.1, -0.05) is 49.7 Å². The number of nitrogens with zero attached hydrogens (tertiary/aromatic N) is 1. The molecule has 7 nitrogen and oxygen atoms in total. The third-order valence-corrected chi connectivity index (χ3v) is 7.22. The summed E-state index contributed by atoms with van der Waals surface area (Å²) >= 11 is 0. The Kier molecular flexibility index (Phi) is 21.7. The van der Waals surface area contributed by atoms with E-state index in [9.17, 15) is 18.0 Å². The molecular weight excluding hydrogens is 668 g/mol. The summed E-state index contributed by atoms with van der Waals surface area (Å²) < 4.78 is 60.0. The van der Waals surface area contributed by atoms with Crippen LogP contribution in [0.2, 0.25) is 0 Å². The van der Waals surface area contributed by atoms with Gasteiger partial charge in [0, 0.05) is 32.2 Å². The van der Waals surface area contributed by atoms with E-state index in [0.717, 1.165) is 89.0 Å². The van der Waals surface area contributed by atoms with E-state index in [0.29, 0.717) is 24.1 Å². The second kappa shape index (κ2) is 24.2. The first kappa shape index (κ1) is 43.0. The molecule has 1 heterocycles. The van der Waals surface area contributed by atoms with E-state index in [4.69, 9.17) is 18.9 Å². The van der Waals surface area contributed by atoms with Crippen LogP contribution < -0.4 is 14.8 Å². The molecule has 0 bridgehead atoms. The van der Waals surface area contributed by atoms with Crippen LogP contribution in [0.4, 0.5) is 13.2 Å². The molecule has 268 valence electrons. The third kappa shape index (κ3) is 17.4. The van der Waals surface area contributed by atoms with Gasteiger partial charge in [0.05, 0.1) is 37.6 Å². The summed E-state index contributed by atoms with van der Waals surface area (Å²) in [6.07, 6.45) is -0.576. The van der Waals surface area contributed by atoms with Crippen LogP contribution in [0.1, 0.15) is 54.6 Å². The van der Waals surface area contributed by atoms with Crippen molar-refractivity contribution in [3.63, 3.8) is 0 Å². The van der Waals surface area contributed by atoms with Gasteiger partial charge < -0.3 is 24.3 Å². The third-order valence-electron chi connectivity index (χ3n) is 7.22. The highest BCUT2D eigenvalue weighted by Gasteiger charge is 2.30. The Labute approximate surface area is 295 Å². The second-order valence-electron chi connectivity index (χ2n) is 11.1. The number of hydrogen-bond acceptors (Lipinski definition) is 7. The Balaban J connectivity index is 0.000000467. The smallest absolute Gasteiger partial charge is 0.416 e. The number of hydrogen-bond donors (Lipinski definition) is 1. The van der Waals surface area contributed by atoms with E-state index in [1.807, 2.05) is 37.3 Å². The Morgan fingerprint density at radius 1 is 0.875 bits per heavy atom. The number of carbonyl (C=O) groups excluding carboxylic acids is 1. The summed E-state index contributed by atoms with van der Waals surface area (Å²) in [5.41, 5.74) is 0.449. The van der Waals surface area contributed by atoms with E-state index in [1.54, 1.807) is 30.3 Å². The summed E-state index contributed by atoms with van der Waals surface area (Å²) in [5.74, 6) is 1.44. The van der Waals surface area contributed by atoms with Crippen LogP contribution >= 0.6 is 24.8 Å². The molecule has 1 N–H and O–H groups in total. The summed E-state index contributed by atoms with van der Waals surface area (Å²) in [6, 6.07) is 21.8. The largest absolute Gasteiger partial charge is 0.494 e. The molecule has 0 aromatic heterocycles. The predicted molar refractivity (Wildman–Crippen MR) is 188 cm³/mol. The zero-order chi connectivity index (χ0) is 33.0. The molecule has 1 fully saturated rings. The van der Waals surface area contributed by atoms with Crippen molar-refractivity contribution >= 4 is 30.8 Å². The van der Waals surface area contributed by atoms with E-state index < -0.39 is 17.7 Å². The fourth-order valence-corrected chi connectivity index (χ4v) is 4.68. The number of carbonyl (C=O) groups is 1. The quantitative estimate of drug-likeness (QED) is 0.119. The molecule has 0 saturated carbocycles. The van der Waals surface area contributed by atoms with Gasteiger partial charge in [0.15, 0.2) is 0 Å². The molecule has 1 aliphatic heterocycles. The van der Waals surface area contributed by atoms with Crippen molar-refractivity contribution in [3.8, 4) is 11.5 Å². The van der Waals surface area contributed by atoms with Gasteiger partial charge in [-0.15, -0.1) is 24.8 Å². The van der Waals surface area contributed by atoms with Crippen molar-refractivity contribution in [2.75, 3.05) is 59.2 Å². The lowest BCUT2D eigenvalue weighted by atomic mass is 10.0. The van der Waals surface area contributed by atoms with Crippen LogP contribution in [-0.2, 0) is 22.1 Å². The van der Waals surface area contributed by atoms with Gasteiger partial charge in [0.2, 0.25) is 0 Å². The number of alkyl halides is 3. The van der Waals surface area contributed by atoms with Gasteiger partial charge in [-0.2, -0.15) is 13.2 Å². The maximum absolute atomic E-state index is 12.7. The zero-order valence-electron chi connectivity index (χ0n) is 27.7. The SMILES string of the molecule is CC(Cc1cccc(C(F)(F)F)c1)NCCOC(=O)c1ccccc1.CCCCOc1ccc(OCCCN2CCOCC2)cc1.Cl.Cl. The van der Waals surface area contributed by atoms with Gasteiger partial charge in [0.25, 0.3) is 0 Å². The highest BCUT2D eigenvalue weighted by Crippen LogP contribution is 2.29. The number of esters is 1. The van der Waals surface area contributed by atoms with Gasteiger partial charge in [-0.25, -0.2) is 4.79 Å². The molecular formula is C36H49Cl2F3N2O5. The molecule has 1 aliphatic rings. The molecule has 0 amide bonds. The van der Waals surface area contributed by atoms with Crippen LogP contribution in [0.25, 0.3) is 0 Å². The van der Waals surface area contributed by atoms with Crippen LogP contribution in [0.5, 0.6) is 11.5 Å². The lowest BCUT2D eigenvalue weighted by molar-refractivity contribution is -0.137. The summed E-state index contributed by atoms with van der Waals surface area (Å²) in [6.45, 7) is 11.1. The minimum absolute atomic E-state index is 0. The molecule has 3 aromatic rings. The average Bonchev–Trinajstić information content (AvgIpc) is 3.07. The molecule has 1 atom stereocenters. The number of unbranched alkanes of at least 4 members (excludes halogenated alkanes) is 1. The van der Waals surface area contributed by atoms with Crippen LogP contribution in [0.3, 0.4) is 0 Å². The number of halogens is 5. The van der Waals surface area contributed by atoms with E-state index >= 15 is 0 Å². The van der Waals surface area contributed by atoms with Gasteiger partial charge in [0.1, 0.15) is 18.1 Å². The monoisotopic (exact) mass is 716 g/mol. The first-order valence-corrected chi connectivity index (χ1v) is 16.0. The van der Waals surface area contributed by atoms with Crippen molar-refractivity contribution in [3.05, 3.63) is 95.6 Å². The van der Waals surface area contributed by atoms with Crippen LogP contribution in [-0.4, -0.2) is 76.1 Å². The fourth-order valence-electron chi connectivity index (χ4n) is 4.68. The number of benzene rings is 3. The Morgan fingerprint density at radius 3 is 2.10 bits per heavy atom. The second-order valence-corrected chi connectivity index (χ2v) is 11.1. The van der Waals surface area contributed by atoms with Gasteiger partial charge >= 0.3 is 12.1 Å². The Morgan fingerprint density at radius 2 is 1.50 bits per heavy atom. The topological polar surface area (TPSA) is 69.3 Å². The number of rotatable bonds is 16. The maximum Gasteiger partial charge on any atom is 0.416 e. The van der Waals surface area contributed by atoms with Gasteiger partial charge in [-0.05, 0) is 74.2 Å². The molecule has 0 radical (unpaired) electrons. The first-order chi connectivity index (χ1) is 22.2. The van der Waals surface area contributed by atoms with Crippen molar-refractivity contribution < 1.29 is 36.9 Å². The molecule has 48 heavy (non-hydrogen) atoms. The maximum atomic E-state index is 12.7. The van der Waals surface area contributed by atoms with Crippen molar-refractivity contribution in [2.24, 2.45) is 0 Å². The van der Waals surface area contributed by atoms with Crippen LogP contribution in [0, 0.1) is 0 Å². The minimum Gasteiger partial charge on any atom is -0.494 e. The average molecular weight is 718 g/mol. The molecule has 0 aliphatic carbocycles. The van der Waals surface area contributed by atoms with Gasteiger partial charge in [-0.3, -0.25) is 4.90 Å². The molecule has 1 saturated heterocycles. The van der Waals surface area contributed by atoms with E-state index in [2.05, 4.69) is 17.1 Å². The zero-order valence-corrected chi connectivity index (χ0v) is 29.3. The minimum atomic E-state index is -4.34. The normalized spacial score (nSPS) is 13.5. The molecule has 3 aromatic carbocycles. The summed E-state index contributed by atoms with van der Waals surface area (Å²) in [7, 11) is 0. The lowest BCUT2D eigenvalue weighted by Gasteiger charge is -2.26. The number of morpholine rings is 1. The van der Waals surface area contributed by atoms with E-state index in [1.165, 1.54) is 6.07 Å². The standard InChI is InChI=1S/C19H20F3NO2.C17H27NO3.2ClH/c1-14(12-15-6-5-9-17(13-15)19(20,21)22)23-10-11-25-18(24)16-7-3-2-4-8-16;1-2-3-12-20-16-5-7-17(8-6-16)21-13-4-9-18-10-14-19-15-11-18;;/h2-9,13-14,23H,10-12H2,1H3;5-8H,2-4,9-15H2,1H3;2*1H. The van der Waals surface area contributed by atoms with Crippen molar-refractivity contribution in [1.29, 1.82) is 0 Å². The van der Waals surface area contributed by atoms with E-state index in [-0.39, 0.29) is 37.5 Å². The molecule has 12 heteroatoms.